The van der Waals surface area contributed by atoms with Gasteiger partial charge in [0.1, 0.15) is 17.2 Å². The van der Waals surface area contributed by atoms with Crippen LogP contribution in [0.1, 0.15) is 34.9 Å². The summed E-state index contributed by atoms with van der Waals surface area (Å²) in [6, 6.07) is 2.94. The fourth-order valence-electron chi connectivity index (χ4n) is 1.89. The van der Waals surface area contributed by atoms with Gasteiger partial charge in [0.15, 0.2) is 0 Å². The first-order valence-corrected chi connectivity index (χ1v) is 7.07. The Balaban J connectivity index is 2.01. The third-order valence-electron chi connectivity index (χ3n) is 2.86. The number of carbonyl (C=O) groups is 2. The van der Waals surface area contributed by atoms with Crippen LogP contribution in [0.3, 0.4) is 0 Å². The first-order valence-electron chi connectivity index (χ1n) is 6.19. The van der Waals surface area contributed by atoms with Crippen molar-refractivity contribution in [3.8, 4) is 0 Å². The predicted octanol–water partition coefficient (Wildman–Crippen LogP) is 1.91. The maximum atomic E-state index is 12.0. The fourth-order valence-corrected chi connectivity index (χ4v) is 2.66. The van der Waals surface area contributed by atoms with Crippen molar-refractivity contribution in [2.24, 2.45) is 0 Å². The number of hydrogen-bond donors (Lipinski definition) is 2. The molecule has 2 heterocycles. The van der Waals surface area contributed by atoms with Gasteiger partial charge in [-0.2, -0.15) is 0 Å². The van der Waals surface area contributed by atoms with Crippen molar-refractivity contribution in [1.29, 1.82) is 0 Å². The van der Waals surface area contributed by atoms with Crippen LogP contribution in [0.2, 0.25) is 0 Å². The number of carbonyl (C=O) groups excluding carboxylic acids is 1. The van der Waals surface area contributed by atoms with Crippen LogP contribution in [0.4, 0.5) is 0 Å². The van der Waals surface area contributed by atoms with Gasteiger partial charge in [0, 0.05) is 17.8 Å². The summed E-state index contributed by atoms with van der Waals surface area (Å²) >= 11 is 1.49. The van der Waals surface area contributed by atoms with E-state index in [0.29, 0.717) is 0 Å². The van der Waals surface area contributed by atoms with E-state index in [-0.39, 0.29) is 24.2 Å². The van der Waals surface area contributed by atoms with Crippen LogP contribution in [0, 0.1) is 0 Å². The SMILES string of the molecule is CCC(NC(=O)Cn1cccc1C(=O)O)c1nccs1. The molecule has 0 spiro atoms. The average molecular weight is 293 g/mol. The van der Waals surface area contributed by atoms with Crippen LogP contribution < -0.4 is 5.32 Å². The van der Waals surface area contributed by atoms with Gasteiger partial charge in [0.2, 0.25) is 5.91 Å². The number of thiazole rings is 1. The van der Waals surface area contributed by atoms with E-state index in [1.54, 1.807) is 18.5 Å². The second-order valence-electron chi connectivity index (χ2n) is 4.23. The molecule has 0 saturated heterocycles. The molecule has 2 aromatic rings. The normalized spacial score (nSPS) is 12.1. The molecule has 6 nitrogen and oxygen atoms in total. The molecule has 0 aliphatic rings. The molecule has 0 radical (unpaired) electrons. The quantitative estimate of drug-likeness (QED) is 0.852. The van der Waals surface area contributed by atoms with E-state index in [1.165, 1.54) is 22.0 Å². The molecule has 0 aromatic carbocycles. The van der Waals surface area contributed by atoms with Crippen molar-refractivity contribution in [2.75, 3.05) is 0 Å². The molecule has 1 unspecified atom stereocenters. The Labute approximate surface area is 120 Å². The molecule has 2 N–H and O–H groups in total. The number of amides is 1. The van der Waals surface area contributed by atoms with Gasteiger partial charge in [-0.1, -0.05) is 6.92 Å². The molecule has 1 amide bonds. The number of nitrogens with one attached hydrogen (secondary N) is 1. The number of carboxylic acids is 1. The highest BCUT2D eigenvalue weighted by molar-refractivity contribution is 7.09. The lowest BCUT2D eigenvalue weighted by Gasteiger charge is -2.15. The minimum atomic E-state index is -1.05. The summed E-state index contributed by atoms with van der Waals surface area (Å²) in [5.74, 6) is -1.28. The van der Waals surface area contributed by atoms with Gasteiger partial charge in [-0.25, -0.2) is 9.78 Å². The molecular formula is C13H15N3O3S. The molecule has 106 valence electrons. The van der Waals surface area contributed by atoms with Gasteiger partial charge < -0.3 is 15.0 Å². The molecule has 0 bridgehead atoms. The predicted molar refractivity (Wildman–Crippen MR) is 74.7 cm³/mol. The lowest BCUT2D eigenvalue weighted by atomic mass is 10.2. The second-order valence-corrected chi connectivity index (χ2v) is 5.15. The van der Waals surface area contributed by atoms with Crippen molar-refractivity contribution in [1.82, 2.24) is 14.9 Å². The molecule has 2 aromatic heterocycles. The number of aromatic nitrogens is 2. The number of nitrogens with zero attached hydrogens (tertiary/aromatic N) is 2. The lowest BCUT2D eigenvalue weighted by Crippen LogP contribution is -2.31. The maximum absolute atomic E-state index is 12.0. The van der Waals surface area contributed by atoms with Crippen LogP contribution >= 0.6 is 11.3 Å². The molecule has 0 aliphatic heterocycles. The maximum Gasteiger partial charge on any atom is 0.352 e. The highest BCUT2D eigenvalue weighted by atomic mass is 32.1. The van der Waals surface area contributed by atoms with Crippen molar-refractivity contribution >= 4 is 23.2 Å². The molecule has 0 fully saturated rings. The van der Waals surface area contributed by atoms with Gasteiger partial charge in [-0.05, 0) is 18.6 Å². The molecule has 0 aliphatic carbocycles. The van der Waals surface area contributed by atoms with Crippen molar-refractivity contribution in [3.63, 3.8) is 0 Å². The average Bonchev–Trinajstić information content (AvgIpc) is 3.06. The summed E-state index contributed by atoms with van der Waals surface area (Å²) in [6.07, 6.45) is 4.01. The summed E-state index contributed by atoms with van der Waals surface area (Å²) in [6.45, 7) is 1.95. The largest absolute Gasteiger partial charge is 0.477 e. The van der Waals surface area contributed by atoms with E-state index < -0.39 is 5.97 Å². The number of aromatic carboxylic acids is 1. The zero-order chi connectivity index (χ0) is 14.5. The number of hydrogen-bond acceptors (Lipinski definition) is 4. The van der Waals surface area contributed by atoms with Crippen molar-refractivity contribution in [3.05, 3.63) is 40.6 Å². The topological polar surface area (TPSA) is 84.2 Å². The van der Waals surface area contributed by atoms with Crippen LogP contribution in [0.5, 0.6) is 0 Å². The summed E-state index contributed by atoms with van der Waals surface area (Å²) in [4.78, 5) is 27.2. The van der Waals surface area contributed by atoms with E-state index in [0.717, 1.165) is 11.4 Å². The van der Waals surface area contributed by atoms with E-state index in [1.807, 2.05) is 12.3 Å². The zero-order valence-electron chi connectivity index (χ0n) is 10.9. The summed E-state index contributed by atoms with van der Waals surface area (Å²) in [7, 11) is 0. The molecule has 7 heteroatoms. The van der Waals surface area contributed by atoms with E-state index in [9.17, 15) is 9.59 Å². The summed E-state index contributed by atoms with van der Waals surface area (Å²) < 4.78 is 1.41. The van der Waals surface area contributed by atoms with Gasteiger partial charge in [0.25, 0.3) is 0 Å². The van der Waals surface area contributed by atoms with E-state index in [4.69, 9.17) is 5.11 Å². The van der Waals surface area contributed by atoms with E-state index in [2.05, 4.69) is 10.3 Å². The van der Waals surface area contributed by atoms with Gasteiger partial charge in [-0.3, -0.25) is 4.79 Å². The van der Waals surface area contributed by atoms with Crippen LogP contribution in [0.25, 0.3) is 0 Å². The third kappa shape index (κ3) is 3.24. The number of rotatable bonds is 6. The van der Waals surface area contributed by atoms with Gasteiger partial charge >= 0.3 is 5.97 Å². The Morgan fingerprint density at radius 2 is 2.35 bits per heavy atom. The minimum Gasteiger partial charge on any atom is -0.477 e. The van der Waals surface area contributed by atoms with Crippen molar-refractivity contribution < 1.29 is 14.7 Å². The fraction of sp³-hybridized carbons (Fsp3) is 0.308. The third-order valence-corrected chi connectivity index (χ3v) is 3.74. The molecular weight excluding hydrogens is 278 g/mol. The Morgan fingerprint density at radius 3 is 2.95 bits per heavy atom. The summed E-state index contributed by atoms with van der Waals surface area (Å²) in [5.41, 5.74) is 0.0995. The second kappa shape index (κ2) is 6.33. The molecule has 2 rings (SSSR count). The highest BCUT2D eigenvalue weighted by Gasteiger charge is 2.17. The number of carboxylic acid groups (broad SMARTS) is 1. The van der Waals surface area contributed by atoms with Crippen LogP contribution in [-0.4, -0.2) is 26.5 Å². The van der Waals surface area contributed by atoms with Crippen molar-refractivity contribution in [2.45, 2.75) is 25.9 Å². The minimum absolute atomic E-state index is 0.0174. The molecule has 0 saturated carbocycles. The Kier molecular flexibility index (Phi) is 4.52. The van der Waals surface area contributed by atoms with Crippen LogP contribution in [-0.2, 0) is 11.3 Å². The molecule has 1 atom stereocenters. The van der Waals surface area contributed by atoms with Crippen LogP contribution in [0.15, 0.2) is 29.9 Å². The Bertz CT molecular complexity index is 592. The lowest BCUT2D eigenvalue weighted by molar-refractivity contribution is -0.122. The van der Waals surface area contributed by atoms with Gasteiger partial charge in [-0.15, -0.1) is 11.3 Å². The van der Waals surface area contributed by atoms with E-state index >= 15 is 0 Å². The first kappa shape index (κ1) is 14.3. The highest BCUT2D eigenvalue weighted by Crippen LogP contribution is 2.18. The first-order chi connectivity index (χ1) is 9.61. The zero-order valence-corrected chi connectivity index (χ0v) is 11.8. The Hall–Kier alpha value is -2.15. The smallest absolute Gasteiger partial charge is 0.352 e. The molecule has 20 heavy (non-hydrogen) atoms. The van der Waals surface area contributed by atoms with Gasteiger partial charge in [0.05, 0.1) is 6.04 Å². The monoisotopic (exact) mass is 293 g/mol. The Morgan fingerprint density at radius 1 is 1.55 bits per heavy atom. The standard InChI is InChI=1S/C13H15N3O3S/c1-2-9(12-14-5-7-20-12)15-11(17)8-16-6-3-4-10(16)13(18)19/h3-7,9H,2,8H2,1H3,(H,15,17)(H,18,19). The summed E-state index contributed by atoms with van der Waals surface area (Å²) in [5, 5.41) is 14.6.